The summed E-state index contributed by atoms with van der Waals surface area (Å²) in [5.74, 6) is 0.311. The average molecular weight is 376 g/mol. The van der Waals surface area contributed by atoms with Crippen LogP contribution in [0.1, 0.15) is 18.9 Å². The highest BCUT2D eigenvalue weighted by molar-refractivity contribution is 6.08. The van der Waals surface area contributed by atoms with Gasteiger partial charge in [-0.25, -0.2) is 4.39 Å². The van der Waals surface area contributed by atoms with Gasteiger partial charge in [0.2, 0.25) is 0 Å². The molecule has 1 aromatic heterocycles. The zero-order chi connectivity index (χ0) is 18.8. The molecule has 2 bridgehead atoms. The van der Waals surface area contributed by atoms with Gasteiger partial charge in [-0.05, 0) is 68.2 Å². The molecule has 0 spiro atoms. The lowest BCUT2D eigenvalue weighted by Gasteiger charge is -2.45. The molecule has 0 unspecified atom stereocenters. The van der Waals surface area contributed by atoms with Crippen LogP contribution >= 0.6 is 0 Å². The SMILES string of the molecule is O=c1c2cccc3c2c(cn1[C@@H]1CN2CCC1CC2)NN3c1ccc(F)cc1. The number of nitrogens with zero attached hydrogens (tertiary/aromatic N) is 3. The minimum Gasteiger partial charge on any atom is -0.308 e. The molecule has 4 aliphatic heterocycles. The van der Waals surface area contributed by atoms with E-state index in [-0.39, 0.29) is 17.4 Å². The molecule has 6 heteroatoms. The second kappa shape index (κ2) is 5.82. The maximum atomic E-state index is 13.4. The van der Waals surface area contributed by atoms with Crippen LogP contribution in [0, 0.1) is 11.7 Å². The van der Waals surface area contributed by atoms with Crippen LogP contribution in [-0.4, -0.2) is 29.1 Å². The van der Waals surface area contributed by atoms with E-state index in [4.69, 9.17) is 0 Å². The average Bonchev–Trinajstić information content (AvgIpc) is 3.11. The molecule has 3 aromatic rings. The van der Waals surface area contributed by atoms with Crippen LogP contribution in [0.15, 0.2) is 53.5 Å². The number of hydrogen-bond acceptors (Lipinski definition) is 4. The van der Waals surface area contributed by atoms with E-state index in [9.17, 15) is 9.18 Å². The fourth-order valence-corrected chi connectivity index (χ4v) is 5.14. The number of piperidine rings is 3. The molecule has 1 atom stereocenters. The number of hydrazine groups is 1. The minimum absolute atomic E-state index is 0.0853. The molecule has 0 saturated carbocycles. The molecule has 0 amide bonds. The third-order valence-electron chi connectivity index (χ3n) is 6.58. The number of hydrogen-bond donors (Lipinski definition) is 1. The summed E-state index contributed by atoms with van der Waals surface area (Å²) < 4.78 is 15.3. The highest BCUT2D eigenvalue weighted by atomic mass is 19.1. The molecular weight excluding hydrogens is 355 g/mol. The van der Waals surface area contributed by atoms with Gasteiger partial charge in [0, 0.05) is 18.1 Å². The summed E-state index contributed by atoms with van der Waals surface area (Å²) >= 11 is 0. The molecule has 4 aliphatic rings. The summed E-state index contributed by atoms with van der Waals surface area (Å²) in [6, 6.07) is 12.5. The third-order valence-corrected chi connectivity index (χ3v) is 6.58. The monoisotopic (exact) mass is 376 g/mol. The molecule has 0 aliphatic carbocycles. The quantitative estimate of drug-likeness (QED) is 0.737. The maximum absolute atomic E-state index is 13.4. The minimum atomic E-state index is -0.263. The zero-order valence-electron chi connectivity index (χ0n) is 15.4. The number of anilines is 3. The first-order chi connectivity index (χ1) is 13.7. The fraction of sp³-hybridized carbons (Fsp3) is 0.318. The Morgan fingerprint density at radius 1 is 1.04 bits per heavy atom. The molecule has 28 heavy (non-hydrogen) atoms. The number of pyridine rings is 1. The number of nitrogens with one attached hydrogen (secondary N) is 1. The summed E-state index contributed by atoms with van der Waals surface area (Å²) in [5.41, 5.74) is 6.22. The van der Waals surface area contributed by atoms with E-state index in [0.717, 1.165) is 47.5 Å². The first-order valence-corrected chi connectivity index (χ1v) is 9.91. The molecule has 5 nitrogen and oxygen atoms in total. The highest BCUT2D eigenvalue weighted by Crippen LogP contribution is 2.43. The van der Waals surface area contributed by atoms with Gasteiger partial charge in [0.15, 0.2) is 0 Å². The van der Waals surface area contributed by atoms with E-state index < -0.39 is 0 Å². The normalized spacial score (nSPS) is 25.3. The van der Waals surface area contributed by atoms with Crippen molar-refractivity contribution in [2.24, 2.45) is 5.92 Å². The Morgan fingerprint density at radius 2 is 1.82 bits per heavy atom. The van der Waals surface area contributed by atoms with Crippen LogP contribution in [0.2, 0.25) is 0 Å². The number of fused-ring (bicyclic) bond motifs is 3. The lowest BCUT2D eigenvalue weighted by atomic mass is 9.83. The Morgan fingerprint density at radius 3 is 2.54 bits per heavy atom. The topological polar surface area (TPSA) is 40.5 Å². The van der Waals surface area contributed by atoms with E-state index >= 15 is 0 Å². The second-order valence-electron chi connectivity index (χ2n) is 8.08. The van der Waals surface area contributed by atoms with Crippen LogP contribution < -0.4 is 16.0 Å². The standard InChI is InChI=1S/C22H21FN4O/c23-15-4-6-16(7-5-15)27-19-3-1-2-17-21(19)18(24-27)12-26(22(17)28)20-13-25-10-8-14(20)9-11-25/h1-7,12,14,20,24H,8-11,13H2/t20-/m1/s1. The molecule has 7 rings (SSSR count). The first kappa shape index (κ1) is 16.1. The Bertz CT molecular complexity index is 1130. The van der Waals surface area contributed by atoms with Gasteiger partial charge in [0.1, 0.15) is 5.82 Å². The van der Waals surface area contributed by atoms with Crippen molar-refractivity contribution in [2.75, 3.05) is 30.1 Å². The van der Waals surface area contributed by atoms with Crippen LogP contribution in [-0.2, 0) is 0 Å². The Hall–Kier alpha value is -2.86. The predicted molar refractivity (Wildman–Crippen MR) is 109 cm³/mol. The third kappa shape index (κ3) is 2.24. The number of aromatic nitrogens is 1. The van der Waals surface area contributed by atoms with E-state index in [2.05, 4.69) is 10.3 Å². The molecule has 0 radical (unpaired) electrons. The molecule has 142 valence electrons. The zero-order valence-corrected chi connectivity index (χ0v) is 15.4. The van der Waals surface area contributed by atoms with E-state index in [1.54, 1.807) is 12.1 Å². The van der Waals surface area contributed by atoms with Gasteiger partial charge in [-0.1, -0.05) is 6.07 Å². The van der Waals surface area contributed by atoms with Gasteiger partial charge in [0.25, 0.3) is 5.56 Å². The molecular formula is C22H21FN4O. The van der Waals surface area contributed by atoms with Crippen molar-refractivity contribution in [3.05, 3.63) is 64.8 Å². The fourth-order valence-electron chi connectivity index (χ4n) is 5.14. The molecule has 2 aromatic carbocycles. The number of rotatable bonds is 2. The Labute approximate surface area is 162 Å². The largest absolute Gasteiger partial charge is 0.308 e. The van der Waals surface area contributed by atoms with Gasteiger partial charge in [-0.2, -0.15) is 0 Å². The van der Waals surface area contributed by atoms with Crippen molar-refractivity contribution < 1.29 is 4.39 Å². The van der Waals surface area contributed by atoms with Crippen molar-refractivity contribution in [3.8, 4) is 0 Å². The van der Waals surface area contributed by atoms with E-state index in [1.165, 1.54) is 25.0 Å². The Kier molecular flexibility index (Phi) is 3.35. The molecule has 3 saturated heterocycles. The summed E-state index contributed by atoms with van der Waals surface area (Å²) in [6.45, 7) is 3.26. The first-order valence-electron chi connectivity index (χ1n) is 9.91. The predicted octanol–water partition coefficient (Wildman–Crippen LogP) is 3.89. The summed E-state index contributed by atoms with van der Waals surface area (Å²) in [4.78, 5) is 15.8. The molecule has 3 fully saturated rings. The molecule has 1 N–H and O–H groups in total. The van der Waals surface area contributed by atoms with Crippen molar-refractivity contribution in [2.45, 2.75) is 18.9 Å². The van der Waals surface area contributed by atoms with Crippen molar-refractivity contribution >= 4 is 27.8 Å². The van der Waals surface area contributed by atoms with Crippen molar-refractivity contribution in [3.63, 3.8) is 0 Å². The van der Waals surface area contributed by atoms with Gasteiger partial charge >= 0.3 is 0 Å². The molecule has 5 heterocycles. The van der Waals surface area contributed by atoms with Gasteiger partial charge in [0.05, 0.1) is 28.5 Å². The maximum Gasteiger partial charge on any atom is 0.258 e. The van der Waals surface area contributed by atoms with Gasteiger partial charge in [-0.3, -0.25) is 15.2 Å². The van der Waals surface area contributed by atoms with Gasteiger partial charge in [-0.15, -0.1) is 0 Å². The van der Waals surface area contributed by atoms with E-state index in [0.29, 0.717) is 5.92 Å². The van der Waals surface area contributed by atoms with Crippen molar-refractivity contribution in [1.82, 2.24) is 9.47 Å². The Balaban J connectivity index is 1.49. The number of benzene rings is 2. The number of halogens is 1. The summed E-state index contributed by atoms with van der Waals surface area (Å²) in [6.07, 6.45) is 4.32. The lowest BCUT2D eigenvalue weighted by Crippen LogP contribution is -2.49. The van der Waals surface area contributed by atoms with Crippen LogP contribution in [0.25, 0.3) is 10.8 Å². The van der Waals surface area contributed by atoms with Crippen LogP contribution in [0.5, 0.6) is 0 Å². The van der Waals surface area contributed by atoms with Crippen LogP contribution in [0.4, 0.5) is 21.5 Å². The summed E-state index contributed by atoms with van der Waals surface area (Å²) in [5, 5.41) is 3.61. The van der Waals surface area contributed by atoms with Crippen molar-refractivity contribution in [1.29, 1.82) is 0 Å². The van der Waals surface area contributed by atoms with Crippen LogP contribution in [0.3, 0.4) is 0 Å². The lowest BCUT2D eigenvalue weighted by molar-refractivity contribution is 0.0557. The smallest absolute Gasteiger partial charge is 0.258 e. The van der Waals surface area contributed by atoms with E-state index in [1.807, 2.05) is 34.0 Å². The summed E-state index contributed by atoms with van der Waals surface area (Å²) in [7, 11) is 0. The van der Waals surface area contributed by atoms with Gasteiger partial charge < -0.3 is 9.47 Å². The second-order valence-corrected chi connectivity index (χ2v) is 8.08. The highest BCUT2D eigenvalue weighted by Gasteiger charge is 2.36.